The highest BCUT2D eigenvalue weighted by Gasteiger charge is 2.16. The van der Waals surface area contributed by atoms with Gasteiger partial charge in [0.15, 0.2) is 0 Å². The summed E-state index contributed by atoms with van der Waals surface area (Å²) in [4.78, 5) is 0. The van der Waals surface area contributed by atoms with Crippen LogP contribution in [0.5, 0.6) is 5.75 Å². The molecular weight excluding hydrogens is 298 g/mol. The predicted molar refractivity (Wildman–Crippen MR) is 103 cm³/mol. The summed E-state index contributed by atoms with van der Waals surface area (Å²) in [6, 6.07) is 6.07. The fourth-order valence-corrected chi connectivity index (χ4v) is 2.32. The van der Waals surface area contributed by atoms with E-state index in [1.54, 1.807) is 0 Å². The van der Waals surface area contributed by atoms with Crippen molar-refractivity contribution in [3.63, 3.8) is 0 Å². The standard InChI is InChI=1S/C20H29N3O/c1-5-6-13-24-19-12-11-15(20(2,3)4)14-18(19)23-22-17-10-8-7-9-16(17)21/h7-12,14,16,23H,5-6,13,21H2,1-4H3/b22-17-. The Kier molecular flexibility index (Phi) is 6.21. The van der Waals surface area contributed by atoms with E-state index < -0.39 is 0 Å². The second kappa shape index (κ2) is 8.15. The summed E-state index contributed by atoms with van der Waals surface area (Å²) in [5.74, 6) is 0.824. The molecule has 0 amide bonds. The van der Waals surface area contributed by atoms with Crippen molar-refractivity contribution in [3.8, 4) is 5.75 Å². The van der Waals surface area contributed by atoms with Crippen molar-refractivity contribution in [1.82, 2.24) is 0 Å². The highest BCUT2D eigenvalue weighted by atomic mass is 16.5. The van der Waals surface area contributed by atoms with E-state index in [2.05, 4.69) is 50.4 Å². The molecule has 2 rings (SSSR count). The number of ether oxygens (including phenoxy) is 1. The Morgan fingerprint density at radius 2 is 2.04 bits per heavy atom. The minimum absolute atomic E-state index is 0.0649. The molecule has 1 atom stereocenters. The van der Waals surface area contributed by atoms with Crippen LogP contribution in [0.15, 0.2) is 47.6 Å². The lowest BCUT2D eigenvalue weighted by Gasteiger charge is -2.21. The molecule has 4 heteroatoms. The van der Waals surface area contributed by atoms with E-state index in [-0.39, 0.29) is 11.5 Å². The van der Waals surface area contributed by atoms with Gasteiger partial charge in [0.2, 0.25) is 0 Å². The Balaban J connectivity index is 2.24. The van der Waals surface area contributed by atoms with Gasteiger partial charge in [-0.15, -0.1) is 0 Å². The van der Waals surface area contributed by atoms with Gasteiger partial charge in [-0.25, -0.2) is 0 Å². The van der Waals surface area contributed by atoms with Crippen molar-refractivity contribution in [2.75, 3.05) is 12.0 Å². The van der Waals surface area contributed by atoms with E-state index in [9.17, 15) is 0 Å². The van der Waals surface area contributed by atoms with Crippen molar-refractivity contribution >= 4 is 11.4 Å². The lowest BCUT2D eigenvalue weighted by atomic mass is 9.87. The molecule has 130 valence electrons. The average Bonchev–Trinajstić information content (AvgIpc) is 2.54. The number of benzene rings is 1. The molecule has 0 bridgehead atoms. The number of hydrazone groups is 1. The van der Waals surface area contributed by atoms with E-state index >= 15 is 0 Å². The Morgan fingerprint density at radius 3 is 2.71 bits per heavy atom. The van der Waals surface area contributed by atoms with E-state index in [1.165, 1.54) is 5.56 Å². The number of hydrogen-bond donors (Lipinski definition) is 2. The van der Waals surface area contributed by atoms with Gasteiger partial charge in [0.1, 0.15) is 5.75 Å². The van der Waals surface area contributed by atoms with Crippen molar-refractivity contribution < 1.29 is 4.74 Å². The van der Waals surface area contributed by atoms with Crippen molar-refractivity contribution in [3.05, 3.63) is 48.1 Å². The number of rotatable bonds is 6. The van der Waals surface area contributed by atoms with Crippen LogP contribution >= 0.6 is 0 Å². The lowest BCUT2D eigenvalue weighted by Crippen LogP contribution is -2.28. The first kappa shape index (κ1) is 18.3. The van der Waals surface area contributed by atoms with E-state index in [1.807, 2.05) is 30.4 Å². The minimum Gasteiger partial charge on any atom is -0.491 e. The molecule has 1 unspecified atom stereocenters. The summed E-state index contributed by atoms with van der Waals surface area (Å²) >= 11 is 0. The average molecular weight is 327 g/mol. The monoisotopic (exact) mass is 327 g/mol. The van der Waals surface area contributed by atoms with Crippen LogP contribution < -0.4 is 15.9 Å². The molecule has 3 N–H and O–H groups in total. The third-order valence-corrected chi connectivity index (χ3v) is 3.94. The van der Waals surface area contributed by atoms with Crippen LogP contribution in [-0.2, 0) is 5.41 Å². The van der Waals surface area contributed by atoms with Crippen LogP contribution in [0.2, 0.25) is 0 Å². The van der Waals surface area contributed by atoms with E-state index in [0.717, 1.165) is 30.0 Å². The van der Waals surface area contributed by atoms with Gasteiger partial charge in [0.25, 0.3) is 0 Å². The molecule has 1 aromatic rings. The van der Waals surface area contributed by atoms with Crippen molar-refractivity contribution in [1.29, 1.82) is 0 Å². The molecule has 1 aliphatic rings. The SMILES string of the molecule is CCCCOc1ccc(C(C)(C)C)cc1N/N=C1/C=CC=CC1N. The normalized spacial score (nSPS) is 18.9. The van der Waals surface area contributed by atoms with Crippen LogP contribution in [0.4, 0.5) is 5.69 Å². The van der Waals surface area contributed by atoms with Crippen LogP contribution in [0.25, 0.3) is 0 Å². The highest BCUT2D eigenvalue weighted by Crippen LogP contribution is 2.32. The Morgan fingerprint density at radius 1 is 1.25 bits per heavy atom. The number of hydrogen-bond acceptors (Lipinski definition) is 4. The molecule has 24 heavy (non-hydrogen) atoms. The van der Waals surface area contributed by atoms with Gasteiger partial charge in [-0.3, -0.25) is 5.43 Å². The smallest absolute Gasteiger partial charge is 0.144 e. The minimum atomic E-state index is -0.183. The zero-order valence-electron chi connectivity index (χ0n) is 15.2. The van der Waals surface area contributed by atoms with E-state index in [0.29, 0.717) is 6.61 Å². The molecule has 0 saturated heterocycles. The number of nitrogens with zero attached hydrogens (tertiary/aromatic N) is 1. The summed E-state index contributed by atoms with van der Waals surface area (Å²) in [5, 5.41) is 4.47. The number of nitrogens with two attached hydrogens (primary N) is 1. The maximum Gasteiger partial charge on any atom is 0.144 e. The third-order valence-electron chi connectivity index (χ3n) is 3.94. The molecule has 1 aliphatic carbocycles. The zero-order chi connectivity index (χ0) is 17.6. The molecule has 0 saturated carbocycles. The highest BCUT2D eigenvalue weighted by molar-refractivity contribution is 6.02. The summed E-state index contributed by atoms with van der Waals surface area (Å²) in [5.41, 5.74) is 12.2. The topological polar surface area (TPSA) is 59.6 Å². The zero-order valence-corrected chi connectivity index (χ0v) is 15.2. The van der Waals surface area contributed by atoms with Gasteiger partial charge in [0, 0.05) is 0 Å². The maximum absolute atomic E-state index is 6.04. The molecular formula is C20H29N3O. The van der Waals surface area contributed by atoms with Gasteiger partial charge in [0.05, 0.1) is 24.0 Å². The van der Waals surface area contributed by atoms with E-state index in [4.69, 9.17) is 10.5 Å². The van der Waals surface area contributed by atoms with Gasteiger partial charge >= 0.3 is 0 Å². The summed E-state index contributed by atoms with van der Waals surface area (Å²) < 4.78 is 5.92. The second-order valence-corrected chi connectivity index (χ2v) is 7.08. The number of nitrogens with one attached hydrogen (secondary N) is 1. The molecule has 0 aliphatic heterocycles. The van der Waals surface area contributed by atoms with Crippen LogP contribution in [0, 0.1) is 0 Å². The van der Waals surface area contributed by atoms with Gasteiger partial charge in [-0.05, 0) is 35.6 Å². The Labute approximate surface area is 145 Å². The number of allylic oxidation sites excluding steroid dienone is 2. The Hall–Kier alpha value is -2.07. The summed E-state index contributed by atoms with van der Waals surface area (Å²) in [6.07, 6.45) is 9.86. The first-order chi connectivity index (χ1) is 11.4. The van der Waals surface area contributed by atoms with Crippen LogP contribution in [0.1, 0.15) is 46.1 Å². The summed E-state index contributed by atoms with van der Waals surface area (Å²) in [7, 11) is 0. The largest absolute Gasteiger partial charge is 0.491 e. The van der Waals surface area contributed by atoms with Crippen LogP contribution in [0.3, 0.4) is 0 Å². The van der Waals surface area contributed by atoms with Gasteiger partial charge < -0.3 is 10.5 Å². The fraction of sp³-hybridized carbons (Fsp3) is 0.450. The summed E-state index contributed by atoms with van der Waals surface area (Å²) in [6.45, 7) is 9.45. The first-order valence-corrected chi connectivity index (χ1v) is 8.63. The molecule has 1 aromatic carbocycles. The number of unbranched alkanes of at least 4 members (excludes halogenated alkanes) is 1. The molecule has 0 fully saturated rings. The number of anilines is 1. The lowest BCUT2D eigenvalue weighted by molar-refractivity contribution is 0.310. The fourth-order valence-electron chi connectivity index (χ4n) is 2.32. The molecule has 0 radical (unpaired) electrons. The van der Waals surface area contributed by atoms with Gasteiger partial charge in [-0.2, -0.15) is 5.10 Å². The van der Waals surface area contributed by atoms with Crippen molar-refractivity contribution in [2.45, 2.75) is 52.0 Å². The van der Waals surface area contributed by atoms with Crippen molar-refractivity contribution in [2.24, 2.45) is 10.8 Å². The molecule has 0 heterocycles. The quantitative estimate of drug-likeness (QED) is 0.602. The van der Waals surface area contributed by atoms with Crippen LogP contribution in [-0.4, -0.2) is 18.4 Å². The Bertz CT molecular complexity index is 639. The molecule has 4 nitrogen and oxygen atoms in total. The second-order valence-electron chi connectivity index (χ2n) is 7.08. The predicted octanol–water partition coefficient (Wildman–Crippen LogP) is 4.38. The molecule has 0 aromatic heterocycles. The first-order valence-electron chi connectivity index (χ1n) is 8.63. The third kappa shape index (κ3) is 4.96. The van der Waals surface area contributed by atoms with Gasteiger partial charge in [-0.1, -0.05) is 58.4 Å². The maximum atomic E-state index is 6.04. The molecule has 0 spiro atoms.